The van der Waals surface area contributed by atoms with E-state index >= 15 is 0 Å². The van der Waals surface area contributed by atoms with E-state index in [0.717, 1.165) is 43.1 Å². The van der Waals surface area contributed by atoms with E-state index in [1.54, 1.807) is 6.20 Å². The van der Waals surface area contributed by atoms with Crippen molar-refractivity contribution in [3.05, 3.63) is 23.9 Å². The van der Waals surface area contributed by atoms with E-state index in [1.165, 1.54) is 51.1 Å². The number of hydrogen-bond acceptors (Lipinski definition) is 5. The number of aromatic nitrogens is 4. The van der Waals surface area contributed by atoms with Crippen LogP contribution in [0.2, 0.25) is 0 Å². The van der Waals surface area contributed by atoms with Crippen LogP contribution in [0.4, 0.5) is 10.3 Å². The Morgan fingerprint density at radius 2 is 1.76 bits per heavy atom. The highest BCUT2D eigenvalue weighted by atomic mass is 19.1. The number of nitrogens with one attached hydrogen (secondary N) is 2. The standard InChI is InChI=1S/C22H29FN6/c23-18-12-24-21(27-16-6-4-15(5-7-16)26-14-2-1-3-14)28-20(18)17-11-25-29-13-22(8-9-22)10-19(17)29/h11-12,14-16,26H,1-10,13H2,(H,24,27,28). The third-order valence-corrected chi connectivity index (χ3v) is 7.57. The molecule has 1 aliphatic heterocycles. The molecule has 0 radical (unpaired) electrons. The molecular formula is C22H29FN6. The minimum Gasteiger partial charge on any atom is -0.351 e. The van der Waals surface area contributed by atoms with Gasteiger partial charge in [-0.2, -0.15) is 5.10 Å². The second kappa shape index (κ2) is 6.76. The van der Waals surface area contributed by atoms with Crippen molar-refractivity contribution in [3.63, 3.8) is 0 Å². The summed E-state index contributed by atoms with van der Waals surface area (Å²) in [5.74, 6) is 0.174. The SMILES string of the molecule is Fc1cnc(NC2CCC(NC3CCC3)CC2)nc1-c1cnn2c1CC1(CC1)C2. The van der Waals surface area contributed by atoms with Gasteiger partial charge in [-0.15, -0.1) is 0 Å². The highest BCUT2D eigenvalue weighted by Gasteiger charge is 2.49. The second-order valence-corrected chi connectivity index (χ2v) is 9.72. The third-order valence-electron chi connectivity index (χ3n) is 7.57. The van der Waals surface area contributed by atoms with Crippen LogP contribution in [0.1, 0.15) is 63.5 Å². The average molecular weight is 397 g/mol. The van der Waals surface area contributed by atoms with Crippen LogP contribution >= 0.6 is 0 Å². The van der Waals surface area contributed by atoms with E-state index in [4.69, 9.17) is 0 Å². The maximum atomic E-state index is 14.6. The lowest BCUT2D eigenvalue weighted by molar-refractivity contribution is 0.260. The van der Waals surface area contributed by atoms with Crippen molar-refractivity contribution in [2.45, 2.75) is 88.9 Å². The van der Waals surface area contributed by atoms with E-state index in [1.807, 2.05) is 4.68 Å². The maximum Gasteiger partial charge on any atom is 0.223 e. The summed E-state index contributed by atoms with van der Waals surface area (Å²) < 4.78 is 16.7. The molecule has 0 amide bonds. The summed E-state index contributed by atoms with van der Waals surface area (Å²) in [6.07, 6.45) is 15.2. The molecule has 29 heavy (non-hydrogen) atoms. The van der Waals surface area contributed by atoms with Gasteiger partial charge in [-0.1, -0.05) is 6.42 Å². The first-order valence-electron chi connectivity index (χ1n) is 11.3. The molecule has 4 aliphatic rings. The summed E-state index contributed by atoms with van der Waals surface area (Å²) in [5, 5.41) is 11.8. The summed E-state index contributed by atoms with van der Waals surface area (Å²) in [6, 6.07) is 1.76. The topological polar surface area (TPSA) is 67.7 Å². The van der Waals surface area contributed by atoms with Crippen molar-refractivity contribution in [2.75, 3.05) is 5.32 Å². The van der Waals surface area contributed by atoms with Crippen molar-refractivity contribution >= 4 is 5.95 Å². The molecule has 3 aliphatic carbocycles. The van der Waals surface area contributed by atoms with E-state index in [-0.39, 0.29) is 5.82 Å². The Labute approximate surface area is 170 Å². The Morgan fingerprint density at radius 1 is 1.00 bits per heavy atom. The predicted octanol–water partition coefficient (Wildman–Crippen LogP) is 3.68. The molecule has 2 aromatic rings. The molecule has 3 saturated carbocycles. The number of fused-ring (bicyclic) bond motifs is 1. The van der Waals surface area contributed by atoms with Gasteiger partial charge in [-0.25, -0.2) is 14.4 Å². The molecule has 7 heteroatoms. The monoisotopic (exact) mass is 396 g/mol. The van der Waals surface area contributed by atoms with Gasteiger partial charge in [0.25, 0.3) is 0 Å². The molecule has 2 N–H and O–H groups in total. The Hall–Kier alpha value is -2.02. The molecule has 0 unspecified atom stereocenters. The van der Waals surface area contributed by atoms with Gasteiger partial charge in [0.05, 0.1) is 12.4 Å². The highest BCUT2D eigenvalue weighted by molar-refractivity contribution is 5.64. The number of anilines is 1. The molecule has 1 spiro atoms. The Balaban J connectivity index is 1.14. The number of halogens is 1. The zero-order chi connectivity index (χ0) is 19.4. The fourth-order valence-corrected chi connectivity index (χ4v) is 5.29. The number of nitrogens with zero attached hydrogens (tertiary/aromatic N) is 4. The van der Waals surface area contributed by atoms with Crippen LogP contribution in [0.5, 0.6) is 0 Å². The van der Waals surface area contributed by atoms with Gasteiger partial charge in [-0.05, 0) is 63.2 Å². The van der Waals surface area contributed by atoms with Crippen molar-refractivity contribution in [2.24, 2.45) is 5.41 Å². The highest BCUT2D eigenvalue weighted by Crippen LogP contribution is 2.54. The largest absolute Gasteiger partial charge is 0.351 e. The lowest BCUT2D eigenvalue weighted by atomic mass is 9.87. The molecule has 0 aromatic carbocycles. The number of hydrogen-bond donors (Lipinski definition) is 2. The average Bonchev–Trinajstić information content (AvgIpc) is 3.19. The first-order chi connectivity index (χ1) is 14.2. The summed E-state index contributed by atoms with van der Waals surface area (Å²) in [7, 11) is 0. The Kier molecular flexibility index (Phi) is 4.15. The van der Waals surface area contributed by atoms with Crippen LogP contribution in [0.3, 0.4) is 0 Å². The fraction of sp³-hybridized carbons (Fsp3) is 0.682. The third kappa shape index (κ3) is 3.33. The molecule has 0 saturated heterocycles. The van der Waals surface area contributed by atoms with Crippen molar-refractivity contribution < 1.29 is 4.39 Å². The molecule has 6 nitrogen and oxygen atoms in total. The first-order valence-corrected chi connectivity index (χ1v) is 11.3. The van der Waals surface area contributed by atoms with Gasteiger partial charge in [0.1, 0.15) is 5.69 Å². The Morgan fingerprint density at radius 3 is 2.48 bits per heavy atom. The summed E-state index contributed by atoms with van der Waals surface area (Å²) in [6.45, 7) is 0.971. The van der Waals surface area contributed by atoms with Gasteiger partial charge in [0.2, 0.25) is 5.95 Å². The van der Waals surface area contributed by atoms with Crippen LogP contribution in [0.25, 0.3) is 11.3 Å². The minimum absolute atomic E-state index is 0.361. The van der Waals surface area contributed by atoms with Gasteiger partial charge in [-0.3, -0.25) is 4.68 Å². The van der Waals surface area contributed by atoms with Crippen LogP contribution in [-0.2, 0) is 13.0 Å². The maximum absolute atomic E-state index is 14.6. The van der Waals surface area contributed by atoms with Gasteiger partial charge in [0, 0.05) is 35.9 Å². The minimum atomic E-state index is -0.364. The normalized spacial score (nSPS) is 27.6. The van der Waals surface area contributed by atoms with Crippen LogP contribution in [0, 0.1) is 11.2 Å². The number of rotatable bonds is 5. The van der Waals surface area contributed by atoms with Crippen LogP contribution in [0.15, 0.2) is 12.4 Å². The van der Waals surface area contributed by atoms with E-state index in [9.17, 15) is 4.39 Å². The molecule has 0 atom stereocenters. The summed E-state index contributed by atoms with van der Waals surface area (Å²) in [4.78, 5) is 8.81. The smallest absolute Gasteiger partial charge is 0.223 e. The zero-order valence-electron chi connectivity index (χ0n) is 16.8. The molecule has 3 fully saturated rings. The van der Waals surface area contributed by atoms with Gasteiger partial charge in [0.15, 0.2) is 5.82 Å². The fourth-order valence-electron chi connectivity index (χ4n) is 5.29. The Bertz CT molecular complexity index is 908. The molecule has 154 valence electrons. The first kappa shape index (κ1) is 17.8. The van der Waals surface area contributed by atoms with Crippen LogP contribution in [-0.4, -0.2) is 37.9 Å². The van der Waals surface area contributed by atoms with Crippen molar-refractivity contribution in [3.8, 4) is 11.3 Å². The molecule has 0 bridgehead atoms. The van der Waals surface area contributed by atoms with Gasteiger partial charge >= 0.3 is 0 Å². The van der Waals surface area contributed by atoms with Crippen molar-refractivity contribution in [1.82, 2.24) is 25.1 Å². The van der Waals surface area contributed by atoms with E-state index < -0.39 is 0 Å². The molecule has 6 rings (SSSR count). The van der Waals surface area contributed by atoms with Crippen molar-refractivity contribution in [1.29, 1.82) is 0 Å². The predicted molar refractivity (Wildman–Crippen MR) is 109 cm³/mol. The lowest BCUT2D eigenvalue weighted by Gasteiger charge is -2.35. The van der Waals surface area contributed by atoms with E-state index in [2.05, 4.69) is 25.7 Å². The zero-order valence-corrected chi connectivity index (χ0v) is 16.8. The van der Waals surface area contributed by atoms with Crippen LogP contribution < -0.4 is 10.6 Å². The molecular weight excluding hydrogens is 367 g/mol. The quantitative estimate of drug-likeness (QED) is 0.807. The van der Waals surface area contributed by atoms with E-state index in [0.29, 0.717) is 29.1 Å². The summed E-state index contributed by atoms with van der Waals surface area (Å²) in [5.41, 5.74) is 2.76. The van der Waals surface area contributed by atoms with Gasteiger partial charge < -0.3 is 10.6 Å². The molecule has 2 aromatic heterocycles. The summed E-state index contributed by atoms with van der Waals surface area (Å²) >= 11 is 0. The lowest BCUT2D eigenvalue weighted by Crippen LogP contribution is -2.45. The molecule has 3 heterocycles. The second-order valence-electron chi connectivity index (χ2n) is 9.72.